The van der Waals surface area contributed by atoms with Crippen molar-refractivity contribution in [3.8, 4) is 11.1 Å². The fraction of sp³-hybridized carbons (Fsp3) is 0.500. The summed E-state index contributed by atoms with van der Waals surface area (Å²) in [6.45, 7) is 51.6. The molecule has 0 N–H and O–H groups in total. The first-order valence-corrected chi connectivity index (χ1v) is 31.3. The number of benzene rings is 6. The van der Waals surface area contributed by atoms with Crippen LogP contribution < -0.4 is 9.80 Å². The lowest BCUT2D eigenvalue weighted by molar-refractivity contribution is 0.331. The smallest absolute Gasteiger partial charge is 0.0647 e. The van der Waals surface area contributed by atoms with Crippen molar-refractivity contribution in [2.75, 3.05) is 9.80 Å². The fourth-order valence-electron chi connectivity index (χ4n) is 15.3. The summed E-state index contributed by atoms with van der Waals surface area (Å²) >= 11 is 1.92. The molecule has 0 saturated carbocycles. The fourth-order valence-corrected chi connectivity index (χ4v) is 16.2. The van der Waals surface area contributed by atoms with Crippen molar-refractivity contribution in [3.63, 3.8) is 0 Å². The van der Waals surface area contributed by atoms with Gasteiger partial charge in [0.25, 0.3) is 0 Å². The minimum atomic E-state index is -0.0562. The molecule has 0 atom stereocenters. The Morgan fingerprint density at radius 2 is 0.797 bits per heavy atom. The molecule has 79 heavy (non-hydrogen) atoms. The zero-order valence-electron chi connectivity index (χ0n) is 52.8. The van der Waals surface area contributed by atoms with Crippen LogP contribution in [0.2, 0.25) is 0 Å². The maximum Gasteiger partial charge on any atom is 0.0647 e. The molecule has 0 bridgehead atoms. The lowest BCUT2D eigenvalue weighted by Crippen LogP contribution is -2.37. The third-order valence-corrected chi connectivity index (χ3v) is 22.0. The number of fused-ring (bicyclic) bond motifs is 5. The molecule has 0 amide bonds. The number of aryl methyl sites for hydroxylation is 2. The van der Waals surface area contributed by atoms with Crippen LogP contribution in [0.15, 0.2) is 102 Å². The van der Waals surface area contributed by atoms with Crippen LogP contribution in [-0.2, 0) is 48.7 Å². The Morgan fingerprint density at radius 3 is 1.28 bits per heavy atom. The van der Waals surface area contributed by atoms with Gasteiger partial charge in [0.15, 0.2) is 0 Å². The van der Waals surface area contributed by atoms with Crippen LogP contribution in [0, 0.1) is 13.8 Å². The van der Waals surface area contributed by atoms with Gasteiger partial charge in [0.05, 0.1) is 22.7 Å². The lowest BCUT2D eigenvalue weighted by atomic mass is 9.62. The Balaban J connectivity index is 1.26. The maximum absolute atomic E-state index is 2.74. The number of anilines is 6. The average molecular weight is 1070 g/mol. The molecule has 0 spiro atoms. The van der Waals surface area contributed by atoms with Crippen molar-refractivity contribution < 1.29 is 0 Å². The van der Waals surface area contributed by atoms with Crippen molar-refractivity contribution in [3.05, 3.63) is 164 Å². The topological polar surface area (TPSA) is 6.48 Å². The summed E-state index contributed by atoms with van der Waals surface area (Å²) in [5.41, 5.74) is 26.4. The second-order valence-corrected chi connectivity index (χ2v) is 32.8. The molecule has 416 valence electrons. The van der Waals surface area contributed by atoms with E-state index in [-0.39, 0.29) is 48.7 Å². The maximum atomic E-state index is 2.74. The van der Waals surface area contributed by atoms with Gasteiger partial charge in [-0.3, -0.25) is 0 Å². The van der Waals surface area contributed by atoms with E-state index in [1.165, 1.54) is 155 Å². The summed E-state index contributed by atoms with van der Waals surface area (Å²) in [6, 6.07) is 40.1. The van der Waals surface area contributed by atoms with Gasteiger partial charge in [0.2, 0.25) is 0 Å². The third kappa shape index (κ3) is 9.26. The standard InChI is InChI=1S/C76H96N2S/c1-47-38-50(42-51(39-47)78(62-26-22-24-55-66(62)75(18,19)36-34-69(55,6)7)63-27-23-25-56-67(63)76(20,21)37-35-70(56,8)9)77(64-46-79-65-45-60-59(44-54(64)65)73(14,15)32-33-74(60,16)17)61-29-28-49(68(3,4)5)41-53(61)52-43-58-57(40-48(52)2)71(10,11)30-31-72(58,12)13/h22-29,38-46H,30-37H2,1-21H3. The van der Waals surface area contributed by atoms with E-state index in [0.29, 0.717) is 0 Å². The van der Waals surface area contributed by atoms with Crippen molar-refractivity contribution in [1.82, 2.24) is 0 Å². The number of hydrogen-bond donors (Lipinski definition) is 0. The molecule has 0 radical (unpaired) electrons. The van der Waals surface area contributed by atoms with Crippen LogP contribution in [0.25, 0.3) is 21.2 Å². The molecule has 0 fully saturated rings. The Hall–Kier alpha value is -5.12. The summed E-state index contributed by atoms with van der Waals surface area (Å²) in [6.07, 6.45) is 9.37. The van der Waals surface area contributed by atoms with Crippen LogP contribution in [0.5, 0.6) is 0 Å². The molecule has 2 nitrogen and oxygen atoms in total. The van der Waals surface area contributed by atoms with Crippen LogP contribution >= 0.6 is 11.3 Å². The molecule has 1 heterocycles. The zero-order chi connectivity index (χ0) is 57.2. The van der Waals surface area contributed by atoms with Gasteiger partial charge in [0, 0.05) is 32.4 Å². The van der Waals surface area contributed by atoms with Gasteiger partial charge < -0.3 is 9.80 Å². The van der Waals surface area contributed by atoms with E-state index in [2.05, 4.69) is 258 Å². The molecule has 4 aliphatic rings. The zero-order valence-corrected chi connectivity index (χ0v) is 53.6. The summed E-state index contributed by atoms with van der Waals surface area (Å²) in [5.74, 6) is 0. The Bertz CT molecular complexity index is 3510. The van der Waals surface area contributed by atoms with Gasteiger partial charge in [-0.05, 0) is 241 Å². The Kier molecular flexibility index (Phi) is 12.8. The van der Waals surface area contributed by atoms with Crippen LogP contribution in [0.1, 0.15) is 244 Å². The van der Waals surface area contributed by atoms with Crippen molar-refractivity contribution in [2.24, 2.45) is 0 Å². The van der Waals surface area contributed by atoms with Crippen LogP contribution in [-0.4, -0.2) is 0 Å². The Labute approximate surface area is 482 Å². The van der Waals surface area contributed by atoms with E-state index in [4.69, 9.17) is 0 Å². The molecule has 6 aromatic carbocycles. The number of thiophene rings is 1. The number of nitrogens with zero attached hydrogens (tertiary/aromatic N) is 2. The van der Waals surface area contributed by atoms with E-state index in [1.54, 1.807) is 0 Å². The van der Waals surface area contributed by atoms with E-state index < -0.39 is 0 Å². The third-order valence-electron chi connectivity index (χ3n) is 21.1. The second-order valence-electron chi connectivity index (χ2n) is 31.9. The number of rotatable bonds is 7. The molecule has 0 aliphatic heterocycles. The predicted molar refractivity (Wildman–Crippen MR) is 346 cm³/mol. The molecular formula is C76H96N2S. The largest absolute Gasteiger partial charge is 0.310 e. The number of hydrogen-bond acceptors (Lipinski definition) is 3. The normalized spacial score (nSPS) is 20.6. The van der Waals surface area contributed by atoms with Gasteiger partial charge in [-0.2, -0.15) is 0 Å². The van der Waals surface area contributed by atoms with E-state index in [9.17, 15) is 0 Å². The van der Waals surface area contributed by atoms with Gasteiger partial charge in [0.1, 0.15) is 0 Å². The first kappa shape index (κ1) is 55.8. The summed E-state index contributed by atoms with van der Waals surface area (Å²) in [7, 11) is 0. The highest BCUT2D eigenvalue weighted by molar-refractivity contribution is 7.17. The SMILES string of the molecule is Cc1cc(N(c2cccc3c2C(C)(C)CCC3(C)C)c2cccc3c2C(C)(C)CCC3(C)C)cc(N(c2ccc(C(C)(C)C)cc2-c2cc3c(cc2C)C(C)(C)CCC3(C)C)c2csc3cc4c(cc23)C(C)(C)CCC4(C)C)c1. The molecule has 4 aliphatic carbocycles. The molecule has 1 aromatic heterocycles. The van der Waals surface area contributed by atoms with Crippen molar-refractivity contribution in [1.29, 1.82) is 0 Å². The predicted octanol–water partition coefficient (Wildman–Crippen LogP) is 22.8. The van der Waals surface area contributed by atoms with E-state index >= 15 is 0 Å². The van der Waals surface area contributed by atoms with E-state index in [1.807, 2.05) is 11.3 Å². The van der Waals surface area contributed by atoms with Crippen molar-refractivity contribution in [2.45, 2.75) is 245 Å². The summed E-state index contributed by atoms with van der Waals surface area (Å²) < 4.78 is 1.36. The van der Waals surface area contributed by atoms with Crippen LogP contribution in [0.4, 0.5) is 34.1 Å². The van der Waals surface area contributed by atoms with Gasteiger partial charge in [-0.15, -0.1) is 11.3 Å². The van der Waals surface area contributed by atoms with E-state index in [0.717, 1.165) is 12.8 Å². The molecule has 3 heteroatoms. The average Bonchev–Trinajstić information content (AvgIpc) is 3.88. The molecular weight excluding hydrogens is 973 g/mol. The highest BCUT2D eigenvalue weighted by Crippen LogP contribution is 2.58. The molecule has 0 saturated heterocycles. The molecule has 7 aromatic rings. The second kappa shape index (κ2) is 18.2. The van der Waals surface area contributed by atoms with Crippen molar-refractivity contribution >= 4 is 55.5 Å². The minimum absolute atomic E-state index is 0.0285. The van der Waals surface area contributed by atoms with Gasteiger partial charge >= 0.3 is 0 Å². The minimum Gasteiger partial charge on any atom is -0.310 e. The highest BCUT2D eigenvalue weighted by atomic mass is 32.1. The summed E-state index contributed by atoms with van der Waals surface area (Å²) in [4.78, 5) is 5.45. The van der Waals surface area contributed by atoms with Gasteiger partial charge in [-0.1, -0.05) is 168 Å². The lowest BCUT2D eigenvalue weighted by Gasteiger charge is -2.47. The quantitative estimate of drug-likeness (QED) is 0.157. The van der Waals surface area contributed by atoms with Crippen LogP contribution in [0.3, 0.4) is 0 Å². The highest BCUT2D eigenvalue weighted by Gasteiger charge is 2.45. The Morgan fingerprint density at radius 1 is 0.380 bits per heavy atom. The first-order chi connectivity index (χ1) is 36.5. The molecule has 11 rings (SSSR count). The molecule has 0 unspecified atom stereocenters. The first-order valence-electron chi connectivity index (χ1n) is 30.4. The monoisotopic (exact) mass is 1070 g/mol. The van der Waals surface area contributed by atoms with Gasteiger partial charge in [-0.25, -0.2) is 0 Å². The summed E-state index contributed by atoms with van der Waals surface area (Å²) in [5, 5.41) is 3.84.